The second-order valence-electron chi connectivity index (χ2n) is 7.65. The van der Waals surface area contributed by atoms with Gasteiger partial charge < -0.3 is 10.1 Å². The van der Waals surface area contributed by atoms with Gasteiger partial charge in [0.25, 0.3) is 11.7 Å². The van der Waals surface area contributed by atoms with Gasteiger partial charge in [-0.25, -0.2) is 9.67 Å². The van der Waals surface area contributed by atoms with E-state index in [9.17, 15) is 9.59 Å². The van der Waals surface area contributed by atoms with E-state index in [0.717, 1.165) is 5.56 Å². The van der Waals surface area contributed by atoms with E-state index in [1.165, 1.54) is 6.33 Å². The Bertz CT molecular complexity index is 974. The predicted molar refractivity (Wildman–Crippen MR) is 110 cm³/mol. The lowest BCUT2D eigenvalue weighted by Crippen LogP contribution is -2.23. The Morgan fingerprint density at radius 3 is 2.52 bits per heavy atom. The summed E-state index contributed by atoms with van der Waals surface area (Å²) in [6.45, 7) is 7.24. The molecular formula is C22H24N4O3. The van der Waals surface area contributed by atoms with E-state index in [-0.39, 0.29) is 5.41 Å². The van der Waals surface area contributed by atoms with E-state index >= 15 is 0 Å². The number of Topliss-reactive ketones (excluding diaryl/α,β-unsaturated/α-hetero) is 1. The van der Waals surface area contributed by atoms with Crippen LogP contribution in [0.2, 0.25) is 0 Å². The number of ketones is 1. The van der Waals surface area contributed by atoms with Crippen molar-refractivity contribution in [2.45, 2.75) is 32.7 Å². The smallest absolute Gasteiger partial charge is 0.296 e. The highest BCUT2D eigenvalue weighted by Gasteiger charge is 2.18. The molecule has 1 heterocycles. The number of carbonyl (C=O) groups is 2. The first kappa shape index (κ1) is 20.3. The van der Waals surface area contributed by atoms with E-state index in [1.54, 1.807) is 47.4 Å². The number of carbonyl (C=O) groups excluding carboxylic acids is 2. The lowest BCUT2D eigenvalue weighted by molar-refractivity contribution is -0.112. The summed E-state index contributed by atoms with van der Waals surface area (Å²) >= 11 is 0. The molecule has 29 heavy (non-hydrogen) atoms. The van der Waals surface area contributed by atoms with Crippen LogP contribution in [0.1, 0.15) is 36.7 Å². The van der Waals surface area contributed by atoms with E-state index in [4.69, 9.17) is 4.74 Å². The number of amides is 1. The summed E-state index contributed by atoms with van der Waals surface area (Å²) in [5.41, 5.74) is 1.94. The number of hydrogen-bond donors (Lipinski definition) is 1. The first-order chi connectivity index (χ1) is 13.8. The Balaban J connectivity index is 1.59. The molecule has 0 spiro atoms. The third kappa shape index (κ3) is 5.51. The Labute approximate surface area is 169 Å². The molecule has 0 saturated carbocycles. The monoisotopic (exact) mass is 392 g/mol. The molecular weight excluding hydrogens is 368 g/mol. The molecule has 0 aliphatic heterocycles. The lowest BCUT2D eigenvalue weighted by Gasteiger charge is -2.18. The van der Waals surface area contributed by atoms with Crippen molar-refractivity contribution in [1.29, 1.82) is 0 Å². The number of aromatic nitrogens is 3. The van der Waals surface area contributed by atoms with Crippen molar-refractivity contribution >= 4 is 17.4 Å². The summed E-state index contributed by atoms with van der Waals surface area (Å²) in [6.07, 6.45) is 3.07. The number of rotatable bonds is 7. The molecule has 0 aliphatic carbocycles. The molecule has 0 fully saturated rings. The van der Waals surface area contributed by atoms with E-state index in [0.29, 0.717) is 30.2 Å². The Morgan fingerprint density at radius 2 is 1.86 bits per heavy atom. The Morgan fingerprint density at radius 1 is 1.10 bits per heavy atom. The fourth-order valence-corrected chi connectivity index (χ4v) is 2.71. The van der Waals surface area contributed by atoms with Crippen molar-refractivity contribution in [2.75, 3.05) is 11.9 Å². The third-order valence-corrected chi connectivity index (χ3v) is 4.37. The van der Waals surface area contributed by atoms with Crippen molar-refractivity contribution in [2.24, 2.45) is 0 Å². The second kappa shape index (κ2) is 8.68. The summed E-state index contributed by atoms with van der Waals surface area (Å²) in [4.78, 5) is 28.7. The number of nitrogens with one attached hydrogen (secondary N) is 1. The highest BCUT2D eigenvalue weighted by molar-refractivity contribution is 6.46. The quantitative estimate of drug-likeness (QED) is 0.491. The largest absolute Gasteiger partial charge is 0.492 e. The minimum absolute atomic E-state index is 0.0157. The van der Waals surface area contributed by atoms with Crippen molar-refractivity contribution in [3.8, 4) is 5.75 Å². The summed E-state index contributed by atoms with van der Waals surface area (Å²) in [5.74, 6) is -0.680. The van der Waals surface area contributed by atoms with Crippen LogP contribution in [0, 0.1) is 0 Å². The normalized spacial score (nSPS) is 11.1. The number of benzene rings is 2. The van der Waals surface area contributed by atoms with Gasteiger partial charge >= 0.3 is 0 Å². The molecule has 3 aromatic rings. The number of hydrogen-bond acceptors (Lipinski definition) is 5. The van der Waals surface area contributed by atoms with Crippen molar-refractivity contribution in [1.82, 2.24) is 14.8 Å². The number of anilines is 1. The highest BCUT2D eigenvalue weighted by atomic mass is 16.5. The minimum Gasteiger partial charge on any atom is -0.492 e. The molecule has 0 bridgehead atoms. The van der Waals surface area contributed by atoms with Crippen LogP contribution < -0.4 is 10.1 Å². The zero-order valence-corrected chi connectivity index (χ0v) is 16.8. The SMILES string of the molecule is CC(C)(C)c1ccc(C(=O)C(=O)Nc2cccc(OCCn3cncn3)c2)cc1. The summed E-state index contributed by atoms with van der Waals surface area (Å²) < 4.78 is 7.33. The Hall–Kier alpha value is -3.48. The molecule has 150 valence electrons. The maximum Gasteiger partial charge on any atom is 0.296 e. The van der Waals surface area contributed by atoms with Crippen LogP contribution >= 0.6 is 0 Å². The van der Waals surface area contributed by atoms with Gasteiger partial charge in [-0.1, -0.05) is 51.1 Å². The summed E-state index contributed by atoms with van der Waals surface area (Å²) in [6, 6.07) is 14.0. The van der Waals surface area contributed by atoms with Crippen molar-refractivity contribution in [3.63, 3.8) is 0 Å². The fraction of sp³-hybridized carbons (Fsp3) is 0.273. The van der Waals surface area contributed by atoms with Crippen LogP contribution in [0.15, 0.2) is 61.2 Å². The second-order valence-corrected chi connectivity index (χ2v) is 7.65. The molecule has 1 aromatic heterocycles. The zero-order valence-electron chi connectivity index (χ0n) is 16.8. The van der Waals surface area contributed by atoms with Crippen LogP contribution in [0.3, 0.4) is 0 Å². The topological polar surface area (TPSA) is 86.1 Å². The highest BCUT2D eigenvalue weighted by Crippen LogP contribution is 2.22. The first-order valence-electron chi connectivity index (χ1n) is 9.34. The van der Waals surface area contributed by atoms with Crippen LogP contribution in [-0.4, -0.2) is 33.1 Å². The molecule has 3 rings (SSSR count). The van der Waals surface area contributed by atoms with Gasteiger partial charge in [0, 0.05) is 17.3 Å². The van der Waals surface area contributed by atoms with Crippen molar-refractivity contribution < 1.29 is 14.3 Å². The third-order valence-electron chi connectivity index (χ3n) is 4.37. The van der Waals surface area contributed by atoms with Crippen LogP contribution in [0.4, 0.5) is 5.69 Å². The van der Waals surface area contributed by atoms with Gasteiger partial charge in [0.2, 0.25) is 0 Å². The molecule has 7 heteroatoms. The van der Waals surface area contributed by atoms with E-state index in [2.05, 4.69) is 36.2 Å². The van der Waals surface area contributed by atoms with Gasteiger partial charge in [0.15, 0.2) is 0 Å². The van der Waals surface area contributed by atoms with E-state index < -0.39 is 11.7 Å². The zero-order chi connectivity index (χ0) is 20.9. The molecule has 7 nitrogen and oxygen atoms in total. The van der Waals surface area contributed by atoms with Gasteiger partial charge in [-0.05, 0) is 23.1 Å². The molecule has 1 N–H and O–H groups in total. The van der Waals surface area contributed by atoms with Gasteiger partial charge in [-0.2, -0.15) is 5.10 Å². The minimum atomic E-state index is -0.687. The van der Waals surface area contributed by atoms with Gasteiger partial charge in [-0.3, -0.25) is 9.59 Å². The van der Waals surface area contributed by atoms with Gasteiger partial charge in [0.1, 0.15) is 25.0 Å². The predicted octanol–water partition coefficient (Wildman–Crippen LogP) is 3.48. The molecule has 2 aromatic carbocycles. The van der Waals surface area contributed by atoms with Crippen LogP contribution in [0.25, 0.3) is 0 Å². The summed E-state index contributed by atoms with van der Waals surface area (Å²) in [5, 5.41) is 6.64. The van der Waals surface area contributed by atoms with Crippen LogP contribution in [-0.2, 0) is 16.8 Å². The van der Waals surface area contributed by atoms with Crippen molar-refractivity contribution in [3.05, 3.63) is 72.3 Å². The summed E-state index contributed by atoms with van der Waals surface area (Å²) in [7, 11) is 0. The van der Waals surface area contributed by atoms with Gasteiger partial charge in [-0.15, -0.1) is 0 Å². The fourth-order valence-electron chi connectivity index (χ4n) is 2.71. The van der Waals surface area contributed by atoms with E-state index in [1.807, 2.05) is 12.1 Å². The first-order valence-corrected chi connectivity index (χ1v) is 9.34. The number of ether oxygens (including phenoxy) is 1. The lowest BCUT2D eigenvalue weighted by atomic mass is 9.86. The Kier molecular flexibility index (Phi) is 6.07. The standard InChI is InChI=1S/C22H24N4O3/c1-22(2,3)17-9-7-16(8-10-17)20(27)21(28)25-18-5-4-6-19(13-18)29-12-11-26-15-23-14-24-26/h4-10,13-15H,11-12H2,1-3H3,(H,25,28). The molecule has 0 radical (unpaired) electrons. The maximum atomic E-state index is 12.4. The maximum absolute atomic E-state index is 12.4. The number of nitrogens with zero attached hydrogens (tertiary/aromatic N) is 3. The molecule has 0 unspecified atom stereocenters. The van der Waals surface area contributed by atoms with Gasteiger partial charge in [0.05, 0.1) is 6.54 Å². The average Bonchev–Trinajstić information content (AvgIpc) is 3.20. The molecule has 0 atom stereocenters. The average molecular weight is 392 g/mol. The molecule has 0 aliphatic rings. The molecule has 1 amide bonds. The molecule has 0 saturated heterocycles. The van der Waals surface area contributed by atoms with Crippen LogP contribution in [0.5, 0.6) is 5.75 Å².